The van der Waals surface area contributed by atoms with E-state index in [1.807, 2.05) is 24.4 Å². The first-order valence-electron chi connectivity index (χ1n) is 8.24. The number of nitrogens with zero attached hydrogens (tertiary/aromatic N) is 4. The number of ketones is 1. The Kier molecular flexibility index (Phi) is 4.78. The van der Waals surface area contributed by atoms with E-state index in [0.717, 1.165) is 40.3 Å². The predicted octanol–water partition coefficient (Wildman–Crippen LogP) is 2.20. The smallest absolute Gasteiger partial charge is 0.152 e. The van der Waals surface area contributed by atoms with E-state index < -0.39 is 0 Å². The number of aromatic nitrogens is 3. The Bertz CT molecular complexity index is 876. The Morgan fingerprint density at radius 3 is 2.92 bits per heavy atom. The van der Waals surface area contributed by atoms with Gasteiger partial charge in [0, 0.05) is 36.6 Å². The zero-order chi connectivity index (χ0) is 17.1. The number of ether oxygens (including phenoxy) is 1. The van der Waals surface area contributed by atoms with Crippen LogP contribution in [0.5, 0.6) is 0 Å². The third-order valence-corrected chi connectivity index (χ3v) is 4.99. The topological polar surface area (TPSA) is 68.2 Å². The second-order valence-corrected chi connectivity index (χ2v) is 6.92. The molecule has 0 unspecified atom stereocenters. The summed E-state index contributed by atoms with van der Waals surface area (Å²) in [5, 5.41) is 0.970. The van der Waals surface area contributed by atoms with Crippen molar-refractivity contribution in [2.45, 2.75) is 6.42 Å². The van der Waals surface area contributed by atoms with Crippen molar-refractivity contribution in [3.63, 3.8) is 0 Å². The molecule has 0 radical (unpaired) electrons. The molecule has 25 heavy (non-hydrogen) atoms. The van der Waals surface area contributed by atoms with Gasteiger partial charge in [-0.15, -0.1) is 11.3 Å². The Labute approximate surface area is 149 Å². The van der Waals surface area contributed by atoms with E-state index in [0.29, 0.717) is 26.2 Å². The van der Waals surface area contributed by atoms with Crippen molar-refractivity contribution >= 4 is 28.0 Å². The third-order valence-electron chi connectivity index (χ3n) is 4.20. The molecular formula is C18H18N4O2S. The lowest BCUT2D eigenvalue weighted by Crippen LogP contribution is -2.39. The molecule has 1 saturated heterocycles. The van der Waals surface area contributed by atoms with Crippen molar-refractivity contribution in [1.29, 1.82) is 0 Å². The summed E-state index contributed by atoms with van der Waals surface area (Å²) in [6, 6.07) is 5.89. The summed E-state index contributed by atoms with van der Waals surface area (Å²) in [6.45, 7) is 3.49. The molecule has 0 atom stereocenters. The molecule has 7 heteroatoms. The second kappa shape index (κ2) is 7.35. The number of rotatable bonds is 5. The maximum Gasteiger partial charge on any atom is 0.152 e. The van der Waals surface area contributed by atoms with Gasteiger partial charge in [0.2, 0.25) is 0 Å². The Balaban J connectivity index is 1.50. The van der Waals surface area contributed by atoms with E-state index >= 15 is 0 Å². The van der Waals surface area contributed by atoms with Gasteiger partial charge in [0.25, 0.3) is 0 Å². The van der Waals surface area contributed by atoms with Crippen LogP contribution >= 0.6 is 11.3 Å². The zero-order valence-corrected chi connectivity index (χ0v) is 14.5. The van der Waals surface area contributed by atoms with Gasteiger partial charge >= 0.3 is 0 Å². The molecule has 0 bridgehead atoms. The lowest BCUT2D eigenvalue weighted by Gasteiger charge is -2.25. The number of pyridine rings is 2. The fourth-order valence-electron chi connectivity index (χ4n) is 2.90. The summed E-state index contributed by atoms with van der Waals surface area (Å²) in [7, 11) is 0. The van der Waals surface area contributed by atoms with Crippen molar-refractivity contribution in [2.75, 3.05) is 32.8 Å². The van der Waals surface area contributed by atoms with Crippen LogP contribution < -0.4 is 0 Å². The second-order valence-electron chi connectivity index (χ2n) is 6.03. The summed E-state index contributed by atoms with van der Waals surface area (Å²) in [5.41, 5.74) is 4.31. The first kappa shape index (κ1) is 16.3. The summed E-state index contributed by atoms with van der Waals surface area (Å²) in [4.78, 5) is 28.7. The molecule has 0 aliphatic carbocycles. The van der Waals surface area contributed by atoms with Gasteiger partial charge in [0.1, 0.15) is 0 Å². The number of hydrogen-bond acceptors (Lipinski definition) is 7. The first-order valence-corrected chi connectivity index (χ1v) is 9.12. The van der Waals surface area contributed by atoms with Gasteiger partial charge in [0.15, 0.2) is 5.78 Å². The number of fused-ring (bicyclic) bond motifs is 1. The van der Waals surface area contributed by atoms with Gasteiger partial charge in [-0.2, -0.15) is 0 Å². The van der Waals surface area contributed by atoms with E-state index in [-0.39, 0.29) is 5.78 Å². The van der Waals surface area contributed by atoms with E-state index in [4.69, 9.17) is 9.72 Å². The molecule has 0 amide bonds. The monoisotopic (exact) mass is 354 g/mol. The van der Waals surface area contributed by atoms with Crippen LogP contribution in [0, 0.1) is 0 Å². The number of carbonyl (C=O) groups excluding carboxylic acids is 1. The van der Waals surface area contributed by atoms with E-state index in [2.05, 4.69) is 14.9 Å². The molecule has 0 spiro atoms. The summed E-state index contributed by atoms with van der Waals surface area (Å²) >= 11 is 1.56. The summed E-state index contributed by atoms with van der Waals surface area (Å²) < 4.78 is 5.31. The Hall–Kier alpha value is -2.22. The first-order chi connectivity index (χ1) is 12.3. The predicted molar refractivity (Wildman–Crippen MR) is 96.6 cm³/mol. The fourth-order valence-corrected chi connectivity index (χ4v) is 3.49. The molecule has 4 rings (SSSR count). The number of Topliss-reactive ketones (excluding diaryl/α,β-unsaturated/α-hetero) is 1. The molecule has 1 aliphatic rings. The molecular weight excluding hydrogens is 336 g/mol. The highest BCUT2D eigenvalue weighted by atomic mass is 32.1. The van der Waals surface area contributed by atoms with Gasteiger partial charge in [-0.25, -0.2) is 4.98 Å². The largest absolute Gasteiger partial charge is 0.379 e. The molecule has 0 aromatic carbocycles. The maximum absolute atomic E-state index is 12.3. The van der Waals surface area contributed by atoms with Crippen LogP contribution in [0.3, 0.4) is 0 Å². The SMILES string of the molecule is O=C(Cc1cc2nc(-c3cncs3)ccc2cn1)CN1CCOCC1. The molecule has 1 fully saturated rings. The number of hydrogen-bond donors (Lipinski definition) is 0. The standard InChI is InChI=1S/C18H18N4O2S/c23-15(11-22-3-5-24-6-4-22)7-14-8-17-13(9-20-14)1-2-16(21-17)18-10-19-12-25-18/h1-2,8-10,12H,3-7,11H2. The Morgan fingerprint density at radius 2 is 2.12 bits per heavy atom. The van der Waals surface area contributed by atoms with E-state index in [1.165, 1.54) is 0 Å². The van der Waals surface area contributed by atoms with Crippen molar-refractivity contribution in [1.82, 2.24) is 19.9 Å². The quantitative estimate of drug-likeness (QED) is 0.700. The van der Waals surface area contributed by atoms with Gasteiger partial charge in [-0.3, -0.25) is 19.7 Å². The van der Waals surface area contributed by atoms with Gasteiger partial charge in [0.05, 0.1) is 47.8 Å². The zero-order valence-electron chi connectivity index (χ0n) is 13.7. The van der Waals surface area contributed by atoms with Crippen LogP contribution in [0.1, 0.15) is 5.69 Å². The van der Waals surface area contributed by atoms with E-state index in [1.54, 1.807) is 23.0 Å². The molecule has 0 N–H and O–H groups in total. The summed E-state index contributed by atoms with van der Waals surface area (Å²) in [5.74, 6) is 0.173. The molecule has 3 aromatic rings. The third kappa shape index (κ3) is 3.89. The maximum atomic E-state index is 12.3. The lowest BCUT2D eigenvalue weighted by molar-refractivity contribution is -0.120. The highest BCUT2D eigenvalue weighted by Crippen LogP contribution is 2.23. The minimum Gasteiger partial charge on any atom is -0.379 e. The van der Waals surface area contributed by atoms with Gasteiger partial charge in [-0.05, 0) is 18.2 Å². The lowest BCUT2D eigenvalue weighted by atomic mass is 10.1. The minimum absolute atomic E-state index is 0.173. The Morgan fingerprint density at radius 1 is 1.24 bits per heavy atom. The van der Waals surface area contributed by atoms with Crippen LogP contribution in [0.15, 0.2) is 36.1 Å². The van der Waals surface area contributed by atoms with Crippen LogP contribution in [0.25, 0.3) is 21.5 Å². The van der Waals surface area contributed by atoms with Gasteiger partial charge in [-0.1, -0.05) is 0 Å². The van der Waals surface area contributed by atoms with Crippen molar-refractivity contribution in [3.8, 4) is 10.6 Å². The normalized spacial score (nSPS) is 15.5. The average molecular weight is 354 g/mol. The van der Waals surface area contributed by atoms with Crippen molar-refractivity contribution in [3.05, 3.63) is 41.8 Å². The van der Waals surface area contributed by atoms with Crippen molar-refractivity contribution in [2.24, 2.45) is 0 Å². The van der Waals surface area contributed by atoms with Gasteiger partial charge < -0.3 is 4.74 Å². The molecule has 4 heterocycles. The molecule has 128 valence electrons. The molecule has 1 aliphatic heterocycles. The highest BCUT2D eigenvalue weighted by Gasteiger charge is 2.15. The van der Waals surface area contributed by atoms with Crippen molar-refractivity contribution < 1.29 is 9.53 Å². The number of thiazole rings is 1. The van der Waals surface area contributed by atoms with Crippen LogP contribution in [0.2, 0.25) is 0 Å². The molecule has 3 aromatic heterocycles. The van der Waals surface area contributed by atoms with Crippen LogP contribution in [0.4, 0.5) is 0 Å². The molecule has 0 saturated carbocycles. The molecule has 6 nitrogen and oxygen atoms in total. The fraction of sp³-hybridized carbons (Fsp3) is 0.333. The van der Waals surface area contributed by atoms with Crippen LogP contribution in [-0.4, -0.2) is 58.5 Å². The average Bonchev–Trinajstić information content (AvgIpc) is 3.16. The summed E-state index contributed by atoms with van der Waals surface area (Å²) in [6.07, 6.45) is 3.93. The minimum atomic E-state index is 0.173. The van der Waals surface area contributed by atoms with Crippen LogP contribution in [-0.2, 0) is 16.0 Å². The highest BCUT2D eigenvalue weighted by molar-refractivity contribution is 7.13. The number of carbonyl (C=O) groups is 1. The number of morpholine rings is 1. The van der Waals surface area contributed by atoms with E-state index in [9.17, 15) is 4.79 Å².